The summed E-state index contributed by atoms with van der Waals surface area (Å²) in [6.45, 7) is 0. The Balaban J connectivity index is 1.93. The van der Waals surface area contributed by atoms with Gasteiger partial charge >= 0.3 is 0 Å². The number of furan rings is 1. The fourth-order valence-corrected chi connectivity index (χ4v) is 2.24. The van der Waals surface area contributed by atoms with Crippen LogP contribution in [0.1, 0.15) is 5.76 Å². The molecule has 106 valence electrons. The van der Waals surface area contributed by atoms with Gasteiger partial charge in [0.2, 0.25) is 5.71 Å². The molecule has 0 saturated carbocycles. The maximum Gasteiger partial charge on any atom is 0.201 e. The SMILES string of the molecule is N#C/C(=N\Nc1ccc(SCc2ccco2)cc1)C(=N)N. The molecule has 21 heavy (non-hydrogen) atoms. The zero-order chi connectivity index (χ0) is 15.1. The quantitative estimate of drug-likeness (QED) is 0.329. The summed E-state index contributed by atoms with van der Waals surface area (Å²) in [5.74, 6) is 1.32. The van der Waals surface area contributed by atoms with Gasteiger partial charge in [-0.2, -0.15) is 10.4 Å². The molecule has 0 aliphatic rings. The molecule has 0 amide bonds. The van der Waals surface area contributed by atoms with Gasteiger partial charge < -0.3 is 10.2 Å². The van der Waals surface area contributed by atoms with Crippen LogP contribution in [0.25, 0.3) is 0 Å². The first-order chi connectivity index (χ1) is 10.2. The molecule has 4 N–H and O–H groups in total. The average Bonchev–Trinajstić information content (AvgIpc) is 3.00. The first kappa shape index (κ1) is 14.7. The molecule has 0 unspecified atom stereocenters. The highest BCUT2D eigenvalue weighted by atomic mass is 32.2. The summed E-state index contributed by atoms with van der Waals surface area (Å²) >= 11 is 1.66. The molecule has 0 aliphatic carbocycles. The van der Waals surface area contributed by atoms with Crippen molar-refractivity contribution in [2.45, 2.75) is 10.6 Å². The van der Waals surface area contributed by atoms with Crippen LogP contribution in [0.3, 0.4) is 0 Å². The van der Waals surface area contributed by atoms with Gasteiger partial charge in [-0.15, -0.1) is 11.8 Å². The molecule has 2 aromatic rings. The summed E-state index contributed by atoms with van der Waals surface area (Å²) in [4.78, 5) is 1.09. The van der Waals surface area contributed by atoms with Gasteiger partial charge in [-0.1, -0.05) is 0 Å². The highest BCUT2D eigenvalue weighted by Gasteiger charge is 2.01. The van der Waals surface area contributed by atoms with E-state index in [0.717, 1.165) is 16.4 Å². The maximum absolute atomic E-state index is 8.73. The largest absolute Gasteiger partial charge is 0.468 e. The smallest absolute Gasteiger partial charge is 0.201 e. The Bertz CT molecular complexity index is 670. The number of hydrogen-bond acceptors (Lipinski definition) is 6. The number of hydrazone groups is 1. The number of benzene rings is 1. The number of anilines is 1. The number of amidine groups is 1. The fourth-order valence-electron chi connectivity index (χ4n) is 1.44. The van der Waals surface area contributed by atoms with Crippen LogP contribution in [-0.2, 0) is 5.75 Å². The van der Waals surface area contributed by atoms with Crippen molar-refractivity contribution in [3.63, 3.8) is 0 Å². The fraction of sp³-hybridized carbons (Fsp3) is 0.0714. The predicted octanol–water partition coefficient (Wildman–Crippen LogP) is 2.80. The number of nitriles is 1. The van der Waals surface area contributed by atoms with Crippen molar-refractivity contribution in [3.05, 3.63) is 48.4 Å². The second kappa shape index (κ2) is 7.17. The number of nitrogens with two attached hydrogens (primary N) is 1. The minimum Gasteiger partial charge on any atom is -0.468 e. The van der Waals surface area contributed by atoms with Crippen molar-refractivity contribution in [3.8, 4) is 6.07 Å². The Kier molecular flexibility index (Phi) is 5.01. The standard InChI is InChI=1S/C14H13N5OS/c15-8-13(14(16)17)19-18-10-3-5-12(6-4-10)21-9-11-2-1-7-20-11/h1-7,18H,9H2,(H3,16,17)/b19-13+. The summed E-state index contributed by atoms with van der Waals surface area (Å²) < 4.78 is 5.27. The monoisotopic (exact) mass is 299 g/mol. The minimum atomic E-state index is -0.365. The van der Waals surface area contributed by atoms with Crippen LogP contribution in [-0.4, -0.2) is 11.5 Å². The van der Waals surface area contributed by atoms with E-state index in [9.17, 15) is 0 Å². The molecule has 1 aromatic heterocycles. The Labute approximate surface area is 126 Å². The molecule has 1 aromatic carbocycles. The van der Waals surface area contributed by atoms with Crippen LogP contribution >= 0.6 is 11.8 Å². The number of thioether (sulfide) groups is 1. The third-order valence-electron chi connectivity index (χ3n) is 2.47. The Morgan fingerprint density at radius 3 is 2.71 bits per heavy atom. The molecule has 0 bridgehead atoms. The Hall–Kier alpha value is -2.72. The molecule has 0 aliphatic heterocycles. The molecule has 0 atom stereocenters. The predicted molar refractivity (Wildman–Crippen MR) is 83.3 cm³/mol. The van der Waals surface area contributed by atoms with E-state index in [1.165, 1.54) is 0 Å². The molecule has 6 nitrogen and oxygen atoms in total. The third kappa shape index (κ3) is 4.40. The highest BCUT2D eigenvalue weighted by Crippen LogP contribution is 2.24. The maximum atomic E-state index is 8.73. The first-order valence-electron chi connectivity index (χ1n) is 6.02. The zero-order valence-corrected chi connectivity index (χ0v) is 11.9. The summed E-state index contributed by atoms with van der Waals surface area (Å²) in [7, 11) is 0. The lowest BCUT2D eigenvalue weighted by molar-refractivity contribution is 0.530. The molecule has 2 rings (SSSR count). The van der Waals surface area contributed by atoms with Crippen LogP contribution in [0.4, 0.5) is 5.69 Å². The van der Waals surface area contributed by atoms with E-state index in [-0.39, 0.29) is 11.5 Å². The number of hydrogen-bond donors (Lipinski definition) is 3. The topological polar surface area (TPSA) is 111 Å². The van der Waals surface area contributed by atoms with Crippen molar-refractivity contribution in [2.24, 2.45) is 10.8 Å². The van der Waals surface area contributed by atoms with Gasteiger partial charge in [0, 0.05) is 4.90 Å². The first-order valence-corrected chi connectivity index (χ1v) is 7.01. The van der Waals surface area contributed by atoms with Crippen LogP contribution in [0.2, 0.25) is 0 Å². The molecular formula is C14H13N5OS. The molecule has 7 heteroatoms. The molecule has 0 saturated heterocycles. The van der Waals surface area contributed by atoms with E-state index < -0.39 is 0 Å². The van der Waals surface area contributed by atoms with Gasteiger partial charge in [0.25, 0.3) is 0 Å². The molecule has 0 radical (unpaired) electrons. The average molecular weight is 299 g/mol. The number of nitrogens with zero attached hydrogens (tertiary/aromatic N) is 2. The minimum absolute atomic E-state index is 0.147. The van der Waals surface area contributed by atoms with E-state index in [0.29, 0.717) is 5.69 Å². The van der Waals surface area contributed by atoms with Crippen molar-refractivity contribution < 1.29 is 4.42 Å². The van der Waals surface area contributed by atoms with E-state index in [2.05, 4.69) is 10.5 Å². The lowest BCUT2D eigenvalue weighted by Crippen LogP contribution is -2.21. The normalized spacial score (nSPS) is 10.9. The summed E-state index contributed by atoms with van der Waals surface area (Å²) in [6.07, 6.45) is 1.66. The second-order valence-electron chi connectivity index (χ2n) is 3.99. The van der Waals surface area contributed by atoms with Gasteiger partial charge in [-0.3, -0.25) is 10.8 Å². The molecular weight excluding hydrogens is 286 g/mol. The van der Waals surface area contributed by atoms with Gasteiger partial charge in [-0.05, 0) is 36.4 Å². The van der Waals surface area contributed by atoms with Crippen LogP contribution < -0.4 is 11.2 Å². The number of nitrogens with one attached hydrogen (secondary N) is 2. The zero-order valence-electron chi connectivity index (χ0n) is 11.0. The van der Waals surface area contributed by atoms with Gasteiger partial charge in [-0.25, -0.2) is 0 Å². The highest BCUT2D eigenvalue weighted by molar-refractivity contribution is 7.98. The van der Waals surface area contributed by atoms with Gasteiger partial charge in [0.1, 0.15) is 11.8 Å². The van der Waals surface area contributed by atoms with Gasteiger partial charge in [0.05, 0.1) is 17.7 Å². The lowest BCUT2D eigenvalue weighted by Gasteiger charge is -2.03. The van der Waals surface area contributed by atoms with Crippen LogP contribution in [0.5, 0.6) is 0 Å². The summed E-state index contributed by atoms with van der Waals surface area (Å²) in [5, 5.41) is 19.6. The Morgan fingerprint density at radius 1 is 1.38 bits per heavy atom. The molecule has 0 fully saturated rings. The number of rotatable bonds is 6. The van der Waals surface area contributed by atoms with E-state index in [1.54, 1.807) is 24.1 Å². The van der Waals surface area contributed by atoms with Crippen molar-refractivity contribution in [1.29, 1.82) is 10.7 Å². The molecule has 1 heterocycles. The van der Waals surface area contributed by atoms with Crippen LogP contribution in [0, 0.1) is 16.7 Å². The van der Waals surface area contributed by atoms with E-state index >= 15 is 0 Å². The van der Waals surface area contributed by atoms with Crippen molar-refractivity contribution >= 4 is 29.0 Å². The van der Waals surface area contributed by atoms with Crippen LogP contribution in [0.15, 0.2) is 57.1 Å². The van der Waals surface area contributed by atoms with Gasteiger partial charge in [0.15, 0.2) is 5.84 Å². The summed E-state index contributed by atoms with van der Waals surface area (Å²) in [6, 6.07) is 13.1. The molecule has 0 spiro atoms. The van der Waals surface area contributed by atoms with E-state index in [4.69, 9.17) is 20.8 Å². The third-order valence-corrected chi connectivity index (χ3v) is 3.51. The summed E-state index contributed by atoms with van der Waals surface area (Å²) in [5.41, 5.74) is 8.46. The lowest BCUT2D eigenvalue weighted by atomic mass is 10.3. The van der Waals surface area contributed by atoms with E-state index in [1.807, 2.05) is 36.4 Å². The van der Waals surface area contributed by atoms with Crippen molar-refractivity contribution in [2.75, 3.05) is 5.43 Å². The van der Waals surface area contributed by atoms with Crippen molar-refractivity contribution in [1.82, 2.24) is 0 Å². The Morgan fingerprint density at radius 2 is 2.14 bits per heavy atom. The second-order valence-corrected chi connectivity index (χ2v) is 5.04.